The van der Waals surface area contributed by atoms with Gasteiger partial charge in [-0.1, -0.05) is 44.2 Å². The molecule has 0 fully saturated rings. The van der Waals surface area contributed by atoms with Gasteiger partial charge in [0.1, 0.15) is 5.82 Å². The summed E-state index contributed by atoms with van der Waals surface area (Å²) < 4.78 is 14.0. The van der Waals surface area contributed by atoms with Crippen molar-refractivity contribution in [2.75, 3.05) is 0 Å². The van der Waals surface area contributed by atoms with Crippen LogP contribution in [0.4, 0.5) is 4.39 Å². The highest BCUT2D eigenvalue weighted by molar-refractivity contribution is 7.79. The van der Waals surface area contributed by atoms with E-state index >= 15 is 0 Å². The second-order valence-electron chi connectivity index (χ2n) is 4.87. The van der Waals surface area contributed by atoms with Crippen molar-refractivity contribution in [1.82, 2.24) is 0 Å². The molecule has 0 saturated carbocycles. The number of thiol groups is 1. The minimum absolute atomic E-state index is 0.00567. The maximum atomic E-state index is 14.0. The van der Waals surface area contributed by atoms with E-state index in [1.165, 1.54) is 6.07 Å². The molecule has 1 nitrogen and oxygen atoms in total. The van der Waals surface area contributed by atoms with Gasteiger partial charge in [0.05, 0.1) is 0 Å². The maximum absolute atomic E-state index is 14.0. The SMILES string of the molecule is CC.Cc1c(CC(=O)c2ccccc2)cc(F)c(CS)c1C. The summed E-state index contributed by atoms with van der Waals surface area (Å²) in [5.41, 5.74) is 3.87. The van der Waals surface area contributed by atoms with Crippen LogP contribution in [0, 0.1) is 19.7 Å². The van der Waals surface area contributed by atoms with E-state index < -0.39 is 0 Å². The highest BCUT2D eigenvalue weighted by atomic mass is 32.1. The molecule has 0 aliphatic rings. The lowest BCUT2D eigenvalue weighted by molar-refractivity contribution is 0.0992. The van der Waals surface area contributed by atoms with Crippen LogP contribution in [-0.2, 0) is 12.2 Å². The molecule has 0 aliphatic heterocycles. The number of hydrogen-bond acceptors (Lipinski definition) is 2. The normalized spacial score (nSPS) is 9.91. The van der Waals surface area contributed by atoms with Crippen LogP contribution < -0.4 is 0 Å². The number of carbonyl (C=O) groups is 1. The Morgan fingerprint density at radius 1 is 1.09 bits per heavy atom. The molecule has 2 rings (SSSR count). The standard InChI is InChI=1S/C17H17FOS.C2H6/c1-11-12(2)15(10-20)16(18)8-14(11)9-17(19)13-6-4-3-5-7-13;1-2/h3-8,20H,9-10H2,1-2H3;1-2H3. The van der Waals surface area contributed by atoms with Crippen molar-refractivity contribution >= 4 is 18.4 Å². The zero-order valence-electron chi connectivity index (χ0n) is 13.6. The Balaban J connectivity index is 0.00000116. The zero-order valence-corrected chi connectivity index (χ0v) is 14.5. The molecule has 0 N–H and O–H groups in total. The molecule has 3 heteroatoms. The fraction of sp³-hybridized carbons (Fsp3) is 0.316. The van der Waals surface area contributed by atoms with Crippen LogP contribution >= 0.6 is 12.6 Å². The van der Waals surface area contributed by atoms with Crippen LogP contribution in [0.2, 0.25) is 0 Å². The van der Waals surface area contributed by atoms with E-state index in [1.807, 2.05) is 45.9 Å². The molecule has 0 saturated heterocycles. The van der Waals surface area contributed by atoms with E-state index in [9.17, 15) is 9.18 Å². The molecule has 0 amide bonds. The van der Waals surface area contributed by atoms with Gasteiger partial charge in [0, 0.05) is 23.3 Å². The molecular weight excluding hydrogens is 295 g/mol. The number of ketones is 1. The number of hydrogen-bond donors (Lipinski definition) is 1. The summed E-state index contributed by atoms with van der Waals surface area (Å²) in [6.45, 7) is 7.80. The second-order valence-corrected chi connectivity index (χ2v) is 5.19. The number of Topliss-reactive ketones (excluding diaryl/α,β-unsaturated/α-hetero) is 1. The molecule has 118 valence electrons. The molecule has 0 bridgehead atoms. The molecule has 0 radical (unpaired) electrons. The van der Waals surface area contributed by atoms with Gasteiger partial charge < -0.3 is 0 Å². The third-order valence-corrected chi connectivity index (χ3v) is 4.01. The van der Waals surface area contributed by atoms with Gasteiger partial charge in [-0.05, 0) is 36.6 Å². The van der Waals surface area contributed by atoms with Crippen LogP contribution in [0.3, 0.4) is 0 Å². The number of halogens is 1. The molecule has 0 aromatic heterocycles. The quantitative estimate of drug-likeness (QED) is 0.596. The van der Waals surface area contributed by atoms with Crippen LogP contribution in [0.1, 0.15) is 46.5 Å². The number of carbonyl (C=O) groups excluding carboxylic acids is 1. The first-order valence-corrected chi connectivity index (χ1v) is 8.14. The second kappa shape index (κ2) is 8.74. The summed E-state index contributed by atoms with van der Waals surface area (Å²) in [7, 11) is 0. The van der Waals surface area contributed by atoms with E-state index in [1.54, 1.807) is 12.1 Å². The lowest BCUT2D eigenvalue weighted by atomic mass is 9.93. The summed E-state index contributed by atoms with van der Waals surface area (Å²) in [6.07, 6.45) is 0.223. The van der Waals surface area contributed by atoms with Crippen LogP contribution in [0.25, 0.3) is 0 Å². The van der Waals surface area contributed by atoms with Crippen LogP contribution in [0.15, 0.2) is 36.4 Å². The summed E-state index contributed by atoms with van der Waals surface area (Å²) in [4.78, 5) is 12.2. The number of rotatable bonds is 4. The third-order valence-electron chi connectivity index (χ3n) is 3.69. The van der Waals surface area contributed by atoms with Crippen molar-refractivity contribution in [3.8, 4) is 0 Å². The Morgan fingerprint density at radius 2 is 1.68 bits per heavy atom. The molecular formula is C19H23FOS. The summed E-state index contributed by atoms with van der Waals surface area (Å²) in [5.74, 6) is 0.0934. The lowest BCUT2D eigenvalue weighted by Crippen LogP contribution is -2.07. The first-order chi connectivity index (χ1) is 10.5. The highest BCUT2D eigenvalue weighted by Crippen LogP contribution is 2.24. The summed E-state index contributed by atoms with van der Waals surface area (Å²) in [5, 5.41) is 0. The Labute approximate surface area is 138 Å². The van der Waals surface area contributed by atoms with Crippen molar-refractivity contribution in [2.45, 2.75) is 39.9 Å². The predicted octanol–water partition coefficient (Wildman–Crippen LogP) is 5.32. The van der Waals surface area contributed by atoms with E-state index in [2.05, 4.69) is 12.6 Å². The van der Waals surface area contributed by atoms with Crippen molar-refractivity contribution < 1.29 is 9.18 Å². The molecule has 2 aromatic rings. The molecule has 0 aliphatic carbocycles. The van der Waals surface area contributed by atoms with Gasteiger partial charge >= 0.3 is 0 Å². The largest absolute Gasteiger partial charge is 0.294 e. The lowest BCUT2D eigenvalue weighted by Gasteiger charge is -2.13. The summed E-state index contributed by atoms with van der Waals surface area (Å²) >= 11 is 4.15. The Morgan fingerprint density at radius 3 is 2.23 bits per heavy atom. The van der Waals surface area contributed by atoms with E-state index in [0.29, 0.717) is 16.9 Å². The van der Waals surface area contributed by atoms with Crippen LogP contribution in [-0.4, -0.2) is 5.78 Å². The summed E-state index contributed by atoms with van der Waals surface area (Å²) in [6, 6.07) is 10.6. The van der Waals surface area contributed by atoms with Gasteiger partial charge in [-0.3, -0.25) is 4.79 Å². The molecule has 0 heterocycles. The number of benzene rings is 2. The smallest absolute Gasteiger partial charge is 0.167 e. The predicted molar refractivity (Wildman–Crippen MR) is 94.4 cm³/mol. The minimum Gasteiger partial charge on any atom is -0.294 e. The Bertz CT molecular complexity index is 636. The van der Waals surface area contributed by atoms with Gasteiger partial charge in [-0.25, -0.2) is 4.39 Å². The van der Waals surface area contributed by atoms with Gasteiger partial charge in [0.15, 0.2) is 5.78 Å². The van der Waals surface area contributed by atoms with Crippen molar-refractivity contribution in [1.29, 1.82) is 0 Å². The van der Waals surface area contributed by atoms with Crippen molar-refractivity contribution in [2.24, 2.45) is 0 Å². The van der Waals surface area contributed by atoms with Crippen molar-refractivity contribution in [3.63, 3.8) is 0 Å². The highest BCUT2D eigenvalue weighted by Gasteiger charge is 2.14. The average molecular weight is 318 g/mol. The van der Waals surface area contributed by atoms with E-state index in [-0.39, 0.29) is 18.0 Å². The monoisotopic (exact) mass is 318 g/mol. The fourth-order valence-electron chi connectivity index (χ4n) is 2.27. The van der Waals surface area contributed by atoms with Gasteiger partial charge in [0.2, 0.25) is 0 Å². The molecule has 22 heavy (non-hydrogen) atoms. The molecule has 2 aromatic carbocycles. The minimum atomic E-state index is -0.279. The third kappa shape index (κ3) is 4.20. The Hall–Kier alpha value is -1.61. The topological polar surface area (TPSA) is 17.1 Å². The van der Waals surface area contributed by atoms with E-state index in [4.69, 9.17) is 0 Å². The van der Waals surface area contributed by atoms with Gasteiger partial charge in [-0.2, -0.15) is 12.6 Å². The average Bonchev–Trinajstić information content (AvgIpc) is 2.55. The fourth-order valence-corrected chi connectivity index (χ4v) is 2.66. The van der Waals surface area contributed by atoms with Gasteiger partial charge in [-0.15, -0.1) is 0 Å². The van der Waals surface area contributed by atoms with E-state index in [0.717, 1.165) is 16.7 Å². The zero-order chi connectivity index (χ0) is 16.7. The van der Waals surface area contributed by atoms with Gasteiger partial charge in [0.25, 0.3) is 0 Å². The first kappa shape index (κ1) is 18.4. The first-order valence-electron chi connectivity index (χ1n) is 7.51. The molecule has 0 unspecified atom stereocenters. The maximum Gasteiger partial charge on any atom is 0.167 e. The van der Waals surface area contributed by atoms with Crippen molar-refractivity contribution in [3.05, 3.63) is 70.0 Å². The van der Waals surface area contributed by atoms with Crippen LogP contribution in [0.5, 0.6) is 0 Å². The molecule has 0 spiro atoms. The molecule has 0 atom stereocenters. The Kier molecular flexibility index (Phi) is 7.33.